The molecule has 28 heavy (non-hydrogen) atoms. The first-order valence-electron chi connectivity index (χ1n) is 10.3. The minimum absolute atomic E-state index is 0.0216. The Morgan fingerprint density at radius 1 is 1.14 bits per heavy atom. The van der Waals surface area contributed by atoms with Crippen LogP contribution in [0.4, 0.5) is 5.69 Å². The molecular weight excluding hydrogens is 348 g/mol. The Hall–Kier alpha value is -2.66. The first kappa shape index (κ1) is 17.4. The Bertz CT molecular complexity index is 1010. The van der Waals surface area contributed by atoms with E-state index in [1.165, 1.54) is 5.56 Å². The molecule has 0 bridgehead atoms. The molecule has 5 heteroatoms. The Labute approximate surface area is 165 Å². The number of aromatic nitrogens is 2. The van der Waals surface area contributed by atoms with Gasteiger partial charge in [0.1, 0.15) is 0 Å². The van der Waals surface area contributed by atoms with Crippen molar-refractivity contribution in [1.29, 1.82) is 0 Å². The van der Waals surface area contributed by atoms with Gasteiger partial charge in [-0.15, -0.1) is 0 Å². The first-order valence-corrected chi connectivity index (χ1v) is 10.3. The van der Waals surface area contributed by atoms with Crippen LogP contribution < -0.4 is 4.90 Å². The summed E-state index contributed by atoms with van der Waals surface area (Å²) in [5.74, 6) is 0.636. The van der Waals surface area contributed by atoms with E-state index in [9.17, 15) is 4.79 Å². The lowest BCUT2D eigenvalue weighted by Crippen LogP contribution is -2.41. The van der Waals surface area contributed by atoms with Gasteiger partial charge in [0.15, 0.2) is 0 Å². The smallest absolute Gasteiger partial charge is 0.244 e. The molecule has 3 atom stereocenters. The Kier molecular flexibility index (Phi) is 4.20. The Balaban J connectivity index is 1.47. The summed E-state index contributed by atoms with van der Waals surface area (Å²) in [6.45, 7) is 6.93. The van der Waals surface area contributed by atoms with E-state index in [0.29, 0.717) is 5.92 Å². The molecule has 0 aliphatic carbocycles. The molecule has 0 radical (unpaired) electrons. The van der Waals surface area contributed by atoms with Crippen LogP contribution in [0.25, 0.3) is 10.9 Å². The van der Waals surface area contributed by atoms with Gasteiger partial charge in [-0.2, -0.15) is 5.10 Å². The number of aryl methyl sites for hydroxylation is 1. The van der Waals surface area contributed by atoms with Gasteiger partial charge < -0.3 is 4.90 Å². The van der Waals surface area contributed by atoms with Gasteiger partial charge in [-0.1, -0.05) is 36.4 Å². The van der Waals surface area contributed by atoms with Crippen molar-refractivity contribution in [3.05, 3.63) is 60.3 Å². The zero-order valence-corrected chi connectivity index (χ0v) is 16.5. The summed E-state index contributed by atoms with van der Waals surface area (Å²) in [7, 11) is 0. The molecule has 1 aromatic heterocycles. The molecule has 3 heterocycles. The van der Waals surface area contributed by atoms with Crippen LogP contribution in [0.1, 0.15) is 31.9 Å². The topological polar surface area (TPSA) is 41.4 Å². The summed E-state index contributed by atoms with van der Waals surface area (Å²) in [6.07, 6.45) is 2.98. The number of rotatable bonds is 4. The second-order valence-electron chi connectivity index (χ2n) is 7.94. The Morgan fingerprint density at radius 3 is 2.75 bits per heavy atom. The summed E-state index contributed by atoms with van der Waals surface area (Å²) in [5.41, 5.74) is 3.38. The van der Waals surface area contributed by atoms with Crippen molar-refractivity contribution >= 4 is 22.5 Å². The fraction of sp³-hybridized carbons (Fsp3) is 0.391. The summed E-state index contributed by atoms with van der Waals surface area (Å²) in [5, 5.41) is 5.56. The van der Waals surface area contributed by atoms with E-state index in [4.69, 9.17) is 0 Å². The van der Waals surface area contributed by atoms with Gasteiger partial charge >= 0.3 is 0 Å². The van der Waals surface area contributed by atoms with Gasteiger partial charge in [0.2, 0.25) is 5.91 Å². The minimum Gasteiger partial charge on any atom is -0.310 e. The Morgan fingerprint density at radius 2 is 1.96 bits per heavy atom. The number of carbonyl (C=O) groups excluding carboxylic acids is 1. The van der Waals surface area contributed by atoms with Crippen LogP contribution in [0.5, 0.6) is 0 Å². The van der Waals surface area contributed by atoms with Crippen molar-refractivity contribution < 1.29 is 4.79 Å². The molecular formula is C23H26N4O. The monoisotopic (exact) mass is 374 g/mol. The number of hydrogen-bond acceptors (Lipinski definition) is 3. The molecule has 1 amide bonds. The maximum absolute atomic E-state index is 13.5. The highest BCUT2D eigenvalue weighted by Gasteiger charge is 2.49. The van der Waals surface area contributed by atoms with Crippen LogP contribution in [-0.4, -0.2) is 39.7 Å². The largest absolute Gasteiger partial charge is 0.310 e. The van der Waals surface area contributed by atoms with E-state index in [2.05, 4.69) is 60.2 Å². The third kappa shape index (κ3) is 2.57. The molecule has 0 spiro atoms. The minimum atomic E-state index is -0.0216. The molecule has 5 nitrogen and oxygen atoms in total. The summed E-state index contributed by atoms with van der Waals surface area (Å²) in [4.78, 5) is 17.9. The van der Waals surface area contributed by atoms with Crippen LogP contribution in [0.2, 0.25) is 0 Å². The predicted molar refractivity (Wildman–Crippen MR) is 111 cm³/mol. The molecule has 144 valence electrons. The fourth-order valence-electron chi connectivity index (χ4n) is 5.05. The molecule has 3 aromatic rings. The van der Waals surface area contributed by atoms with E-state index >= 15 is 0 Å². The molecule has 2 fully saturated rings. The van der Waals surface area contributed by atoms with Gasteiger partial charge in [0, 0.05) is 30.4 Å². The van der Waals surface area contributed by atoms with Gasteiger partial charge in [0.05, 0.1) is 23.4 Å². The molecule has 0 N–H and O–H groups in total. The number of nitrogens with zero attached hydrogens (tertiary/aromatic N) is 4. The van der Waals surface area contributed by atoms with Gasteiger partial charge in [-0.05, 0) is 44.5 Å². The standard InChI is InChI=1S/C23H26N4O/c1-3-27-21-11-7-10-20(19(21)14-24-27)26-15-18-12-13-25(22(18)23(26)28)16(2)17-8-5-4-6-9-17/h4-11,14,16,18,22H,3,12-13,15H2,1-2H3/t16-,18-,22-/m0/s1. The van der Waals surface area contributed by atoms with Gasteiger partial charge in [-0.25, -0.2) is 0 Å². The molecule has 5 rings (SSSR count). The van der Waals surface area contributed by atoms with E-state index < -0.39 is 0 Å². The summed E-state index contributed by atoms with van der Waals surface area (Å²) >= 11 is 0. The number of anilines is 1. The molecule has 2 saturated heterocycles. The second-order valence-corrected chi connectivity index (χ2v) is 7.94. The SMILES string of the molecule is CCn1ncc2c(N3C[C@@H]4CCN([C@@H](C)c5ccccc5)[C@@H]4C3=O)cccc21. The zero-order valence-electron chi connectivity index (χ0n) is 16.5. The van der Waals surface area contributed by atoms with Crippen molar-refractivity contribution in [2.45, 2.75) is 38.9 Å². The lowest BCUT2D eigenvalue weighted by molar-refractivity contribution is -0.122. The van der Waals surface area contributed by atoms with Crippen LogP contribution in [-0.2, 0) is 11.3 Å². The maximum atomic E-state index is 13.5. The van der Waals surface area contributed by atoms with Crippen LogP contribution in [0.3, 0.4) is 0 Å². The lowest BCUT2D eigenvalue weighted by Gasteiger charge is -2.30. The number of amides is 1. The quantitative estimate of drug-likeness (QED) is 0.696. The number of benzene rings is 2. The fourth-order valence-corrected chi connectivity index (χ4v) is 5.05. The van der Waals surface area contributed by atoms with Crippen LogP contribution in [0.15, 0.2) is 54.7 Å². The van der Waals surface area contributed by atoms with Crippen LogP contribution in [0, 0.1) is 5.92 Å². The van der Waals surface area contributed by atoms with E-state index in [-0.39, 0.29) is 18.0 Å². The zero-order chi connectivity index (χ0) is 19.3. The predicted octanol–water partition coefficient (Wildman–Crippen LogP) is 3.85. The second kappa shape index (κ2) is 6.74. The molecule has 2 aromatic carbocycles. The molecule has 2 aliphatic rings. The summed E-state index contributed by atoms with van der Waals surface area (Å²) in [6, 6.07) is 16.9. The van der Waals surface area contributed by atoms with Crippen molar-refractivity contribution in [2.24, 2.45) is 5.92 Å². The third-order valence-electron chi connectivity index (χ3n) is 6.53. The lowest BCUT2D eigenvalue weighted by atomic mass is 10.0. The maximum Gasteiger partial charge on any atom is 0.244 e. The number of fused-ring (bicyclic) bond motifs is 2. The molecule has 0 unspecified atom stereocenters. The number of hydrogen-bond donors (Lipinski definition) is 0. The summed E-state index contributed by atoms with van der Waals surface area (Å²) < 4.78 is 1.99. The first-order chi connectivity index (χ1) is 13.7. The van der Waals surface area contributed by atoms with Crippen molar-refractivity contribution in [1.82, 2.24) is 14.7 Å². The van der Waals surface area contributed by atoms with E-state index in [0.717, 1.165) is 42.6 Å². The van der Waals surface area contributed by atoms with Crippen LogP contribution >= 0.6 is 0 Å². The highest BCUT2D eigenvalue weighted by molar-refractivity contribution is 6.06. The highest BCUT2D eigenvalue weighted by Crippen LogP contribution is 2.41. The van der Waals surface area contributed by atoms with Crippen molar-refractivity contribution in [2.75, 3.05) is 18.0 Å². The molecule has 2 aliphatic heterocycles. The highest BCUT2D eigenvalue weighted by atomic mass is 16.2. The number of carbonyl (C=O) groups is 1. The van der Waals surface area contributed by atoms with Crippen molar-refractivity contribution in [3.8, 4) is 0 Å². The van der Waals surface area contributed by atoms with E-state index in [1.807, 2.05) is 27.9 Å². The van der Waals surface area contributed by atoms with Crippen molar-refractivity contribution in [3.63, 3.8) is 0 Å². The normalized spacial score (nSPS) is 23.5. The van der Waals surface area contributed by atoms with Gasteiger partial charge in [-0.3, -0.25) is 14.4 Å². The average molecular weight is 374 g/mol. The van der Waals surface area contributed by atoms with E-state index in [1.54, 1.807) is 0 Å². The third-order valence-corrected chi connectivity index (χ3v) is 6.53. The average Bonchev–Trinajstić information content (AvgIpc) is 3.42. The number of likely N-dealkylation sites (tertiary alicyclic amines) is 1. The van der Waals surface area contributed by atoms with Gasteiger partial charge in [0.25, 0.3) is 0 Å². The molecule has 0 saturated carbocycles.